The quantitative estimate of drug-likeness (QED) is 0.525. The van der Waals surface area contributed by atoms with E-state index in [2.05, 4.69) is 31.0 Å². The van der Waals surface area contributed by atoms with Gasteiger partial charge in [0.05, 0.1) is 24.0 Å². The fourth-order valence-corrected chi connectivity index (χ4v) is 3.25. The number of aromatic nitrogens is 4. The molecule has 168 valence electrons. The molecule has 2 N–H and O–H groups in total. The Morgan fingerprint density at radius 2 is 2.09 bits per heavy atom. The van der Waals surface area contributed by atoms with E-state index < -0.39 is 29.2 Å². The van der Waals surface area contributed by atoms with Crippen molar-refractivity contribution in [1.29, 1.82) is 10.5 Å². The van der Waals surface area contributed by atoms with Crippen molar-refractivity contribution >= 4 is 27.7 Å². The molecule has 0 bridgehead atoms. The summed E-state index contributed by atoms with van der Waals surface area (Å²) < 4.78 is 35.6. The maximum atomic E-state index is 14.8. The van der Waals surface area contributed by atoms with E-state index in [1.165, 1.54) is 26.2 Å². The van der Waals surface area contributed by atoms with Gasteiger partial charge in [-0.1, -0.05) is 0 Å². The van der Waals surface area contributed by atoms with Crippen molar-refractivity contribution < 1.29 is 18.3 Å². The Morgan fingerprint density at radius 1 is 1.36 bits per heavy atom. The van der Waals surface area contributed by atoms with Gasteiger partial charge in [-0.2, -0.15) is 20.3 Å². The van der Waals surface area contributed by atoms with Gasteiger partial charge in [-0.3, -0.25) is 4.79 Å². The lowest BCUT2D eigenvalue weighted by atomic mass is 10.0. The first-order valence-electron chi connectivity index (χ1n) is 9.22. The number of amides is 1. The second-order valence-electron chi connectivity index (χ2n) is 6.80. The molecule has 0 aliphatic heterocycles. The molecule has 0 saturated heterocycles. The third-order valence-corrected chi connectivity index (χ3v) is 4.86. The molecule has 1 aromatic carbocycles. The van der Waals surface area contributed by atoms with Gasteiger partial charge in [0.15, 0.2) is 11.5 Å². The molecule has 33 heavy (non-hydrogen) atoms. The lowest BCUT2D eigenvalue weighted by Gasteiger charge is -2.22. The molecule has 0 unspecified atom stereocenters. The number of anilines is 1. The smallest absolute Gasteiger partial charge is 0.258 e. The van der Waals surface area contributed by atoms with E-state index in [9.17, 15) is 13.6 Å². The van der Waals surface area contributed by atoms with Crippen LogP contribution in [0.25, 0.3) is 0 Å². The van der Waals surface area contributed by atoms with Gasteiger partial charge < -0.3 is 15.4 Å². The van der Waals surface area contributed by atoms with Crippen molar-refractivity contribution in [3.8, 4) is 18.1 Å². The number of nitrogen functional groups attached to an aromatic ring is 1. The van der Waals surface area contributed by atoms with Crippen LogP contribution in [0.4, 0.5) is 14.6 Å². The number of carbonyl (C=O) groups excluding carboxylic acids is 1. The summed E-state index contributed by atoms with van der Waals surface area (Å²) in [7, 11) is 1.37. The zero-order valence-electron chi connectivity index (χ0n) is 17.3. The number of nitriles is 2. The Hall–Kier alpha value is -4.10. The van der Waals surface area contributed by atoms with Crippen LogP contribution in [0.1, 0.15) is 40.3 Å². The number of carbonyl (C=O) groups is 1. The molecule has 0 spiro atoms. The molecule has 1 amide bonds. The molecule has 2 heterocycles. The van der Waals surface area contributed by atoms with Crippen molar-refractivity contribution in [3.05, 3.63) is 63.1 Å². The first-order chi connectivity index (χ1) is 15.6. The van der Waals surface area contributed by atoms with Crippen LogP contribution in [0.3, 0.4) is 0 Å². The standard InChI is InChI=1S/C20H15BrF2N8O2/c1-10(33-19-18(26)27-7-16(21)28-19)14-3-11(22)4-15(23)17(14)20(32)30(2)8-12-5-13(6-24)31(9-25)29-12/h3-5,7,10H,8H2,1-2H3,(H2,26,27)/t10-/m1/s1. The van der Waals surface area contributed by atoms with Gasteiger partial charge in [0, 0.05) is 24.7 Å². The summed E-state index contributed by atoms with van der Waals surface area (Å²) in [6, 6.07) is 4.70. The highest BCUT2D eigenvalue weighted by Crippen LogP contribution is 2.30. The molecule has 0 fully saturated rings. The number of ether oxygens (including phenoxy) is 1. The van der Waals surface area contributed by atoms with Gasteiger partial charge in [0.2, 0.25) is 6.19 Å². The van der Waals surface area contributed by atoms with Crippen LogP contribution >= 0.6 is 15.9 Å². The minimum absolute atomic E-state index is 0.0169. The molecule has 0 aliphatic carbocycles. The first-order valence-corrected chi connectivity index (χ1v) is 10.0. The molecule has 0 aliphatic rings. The normalized spacial score (nSPS) is 11.4. The summed E-state index contributed by atoms with van der Waals surface area (Å²) in [5, 5.41) is 21.9. The van der Waals surface area contributed by atoms with Crippen molar-refractivity contribution in [1.82, 2.24) is 24.6 Å². The minimum atomic E-state index is -1.09. The number of nitrogens with zero attached hydrogens (tertiary/aromatic N) is 7. The summed E-state index contributed by atoms with van der Waals surface area (Å²) in [6.07, 6.45) is 2.03. The molecule has 0 radical (unpaired) electrons. The first kappa shape index (κ1) is 23.6. The number of benzene rings is 1. The van der Waals surface area contributed by atoms with Crippen LogP contribution in [-0.4, -0.2) is 37.6 Å². The van der Waals surface area contributed by atoms with Crippen LogP contribution in [0.5, 0.6) is 5.88 Å². The highest BCUT2D eigenvalue weighted by Gasteiger charge is 2.27. The SMILES string of the molecule is C[C@@H](Oc1nc(Br)cnc1N)c1cc(F)cc(F)c1C(=O)N(C)Cc1cc(C#N)n(C#N)n1. The second kappa shape index (κ2) is 9.58. The Kier molecular flexibility index (Phi) is 6.84. The lowest BCUT2D eigenvalue weighted by molar-refractivity contribution is 0.0772. The molecule has 3 rings (SSSR count). The largest absolute Gasteiger partial charge is 0.467 e. The predicted molar refractivity (Wildman–Crippen MR) is 113 cm³/mol. The molecule has 0 saturated carbocycles. The number of hydrogen-bond donors (Lipinski definition) is 1. The van der Waals surface area contributed by atoms with Gasteiger partial charge in [-0.15, -0.1) is 0 Å². The fourth-order valence-electron chi connectivity index (χ4n) is 2.99. The average molecular weight is 517 g/mol. The molecular formula is C20H15BrF2N8O2. The number of hydrogen-bond acceptors (Lipinski definition) is 8. The van der Waals surface area contributed by atoms with Crippen LogP contribution in [0.2, 0.25) is 0 Å². The minimum Gasteiger partial charge on any atom is -0.467 e. The van der Waals surface area contributed by atoms with E-state index in [0.717, 1.165) is 15.6 Å². The Labute approximate surface area is 195 Å². The van der Waals surface area contributed by atoms with Crippen molar-refractivity contribution in [2.45, 2.75) is 19.6 Å². The molecular weight excluding hydrogens is 502 g/mol. The molecule has 3 aromatic rings. The summed E-state index contributed by atoms with van der Waals surface area (Å²) in [4.78, 5) is 22.1. The maximum Gasteiger partial charge on any atom is 0.258 e. The summed E-state index contributed by atoms with van der Waals surface area (Å²) in [5.74, 6) is -2.92. The van der Waals surface area contributed by atoms with Crippen LogP contribution < -0.4 is 10.5 Å². The highest BCUT2D eigenvalue weighted by atomic mass is 79.9. The van der Waals surface area contributed by atoms with Gasteiger partial charge in [-0.05, 0) is 28.9 Å². The fraction of sp³-hybridized carbons (Fsp3) is 0.200. The van der Waals surface area contributed by atoms with Gasteiger partial charge in [0.25, 0.3) is 11.8 Å². The van der Waals surface area contributed by atoms with E-state index in [1.807, 2.05) is 0 Å². The average Bonchev–Trinajstić information content (AvgIpc) is 3.17. The van der Waals surface area contributed by atoms with Crippen molar-refractivity contribution in [3.63, 3.8) is 0 Å². The van der Waals surface area contributed by atoms with Crippen LogP contribution in [0.15, 0.2) is 29.0 Å². The predicted octanol–water partition coefficient (Wildman–Crippen LogP) is 2.91. The summed E-state index contributed by atoms with van der Waals surface area (Å²) in [6.45, 7) is 1.33. The maximum absolute atomic E-state index is 14.8. The topological polar surface area (TPSA) is 147 Å². The Morgan fingerprint density at radius 3 is 2.73 bits per heavy atom. The summed E-state index contributed by atoms with van der Waals surface area (Å²) >= 11 is 3.13. The Balaban J connectivity index is 1.93. The lowest BCUT2D eigenvalue weighted by Crippen LogP contribution is -2.29. The number of nitrogens with two attached hydrogens (primary N) is 1. The zero-order chi connectivity index (χ0) is 24.3. The molecule has 10 nitrogen and oxygen atoms in total. The van der Waals surface area contributed by atoms with E-state index >= 15 is 0 Å². The monoisotopic (exact) mass is 516 g/mol. The van der Waals surface area contributed by atoms with E-state index in [1.54, 1.807) is 12.3 Å². The van der Waals surface area contributed by atoms with E-state index in [4.69, 9.17) is 21.0 Å². The second-order valence-corrected chi connectivity index (χ2v) is 7.61. The number of rotatable bonds is 6. The highest BCUT2D eigenvalue weighted by molar-refractivity contribution is 9.10. The molecule has 2 aromatic heterocycles. The third kappa shape index (κ3) is 5.05. The summed E-state index contributed by atoms with van der Waals surface area (Å²) in [5.41, 5.74) is 5.46. The number of halogens is 3. The van der Waals surface area contributed by atoms with Gasteiger partial charge >= 0.3 is 0 Å². The van der Waals surface area contributed by atoms with Crippen molar-refractivity contribution in [2.75, 3.05) is 12.8 Å². The van der Waals surface area contributed by atoms with Crippen LogP contribution in [0, 0.1) is 34.4 Å². The van der Waals surface area contributed by atoms with Gasteiger partial charge in [0.1, 0.15) is 28.4 Å². The Bertz CT molecular complexity index is 1280. The van der Waals surface area contributed by atoms with Crippen LogP contribution in [-0.2, 0) is 6.54 Å². The van der Waals surface area contributed by atoms with E-state index in [-0.39, 0.29) is 35.2 Å². The van der Waals surface area contributed by atoms with Crippen molar-refractivity contribution in [2.24, 2.45) is 0 Å². The zero-order valence-corrected chi connectivity index (χ0v) is 18.8. The third-order valence-electron chi connectivity index (χ3n) is 4.48. The van der Waals surface area contributed by atoms with Gasteiger partial charge in [-0.25, -0.2) is 18.7 Å². The molecule has 1 atom stereocenters. The molecule has 13 heteroatoms. The van der Waals surface area contributed by atoms with E-state index in [0.29, 0.717) is 10.7 Å².